The molecular formula is C16H15N3O4S. The van der Waals surface area contributed by atoms with Crippen molar-refractivity contribution in [1.82, 2.24) is 10.2 Å². The second kappa shape index (κ2) is 5.41. The Kier molecular flexibility index (Phi) is 3.34. The van der Waals surface area contributed by atoms with Crippen molar-refractivity contribution >= 4 is 26.6 Å². The molecule has 1 aliphatic rings. The highest BCUT2D eigenvalue weighted by Crippen LogP contribution is 2.35. The van der Waals surface area contributed by atoms with Gasteiger partial charge in [0.25, 0.3) is 10.0 Å². The number of aryl methyl sites for hydroxylation is 1. The molecule has 1 aromatic heterocycles. The molecule has 2 aromatic carbocycles. The van der Waals surface area contributed by atoms with Crippen LogP contribution in [0.5, 0.6) is 11.5 Å². The fraction of sp³-hybridized carbons (Fsp3) is 0.188. The van der Waals surface area contributed by atoms with Crippen molar-refractivity contribution in [2.24, 2.45) is 0 Å². The standard InChI is InChI=1S/C16H15N3O4S/c1-10-6-14-15(23-5-4-22-14)8-16(10)24(20,21)19-12-3-2-11-9-17-18-13(11)7-12/h2-3,6-9,19H,4-5H2,1H3,(H,17,18). The number of aromatic amines is 1. The Morgan fingerprint density at radius 3 is 2.67 bits per heavy atom. The molecule has 0 saturated carbocycles. The zero-order valence-electron chi connectivity index (χ0n) is 12.9. The molecule has 24 heavy (non-hydrogen) atoms. The molecule has 0 amide bonds. The maximum absolute atomic E-state index is 12.7. The first-order valence-electron chi connectivity index (χ1n) is 7.39. The minimum absolute atomic E-state index is 0.163. The molecule has 3 aromatic rings. The summed E-state index contributed by atoms with van der Waals surface area (Å²) in [6.45, 7) is 2.59. The maximum atomic E-state index is 12.7. The van der Waals surface area contributed by atoms with Crippen LogP contribution in [0.15, 0.2) is 41.4 Å². The van der Waals surface area contributed by atoms with E-state index in [1.807, 2.05) is 0 Å². The lowest BCUT2D eigenvalue weighted by atomic mass is 10.2. The van der Waals surface area contributed by atoms with Gasteiger partial charge >= 0.3 is 0 Å². The van der Waals surface area contributed by atoms with Gasteiger partial charge in [0.2, 0.25) is 0 Å². The van der Waals surface area contributed by atoms with Gasteiger partial charge in [0.05, 0.1) is 22.3 Å². The number of H-pyrrole nitrogens is 1. The van der Waals surface area contributed by atoms with E-state index in [4.69, 9.17) is 9.47 Å². The highest BCUT2D eigenvalue weighted by Gasteiger charge is 2.22. The third kappa shape index (κ3) is 2.54. The van der Waals surface area contributed by atoms with Crippen LogP contribution in [0, 0.1) is 6.92 Å². The van der Waals surface area contributed by atoms with Crippen LogP contribution < -0.4 is 14.2 Å². The van der Waals surface area contributed by atoms with Crippen LogP contribution in [0.2, 0.25) is 0 Å². The van der Waals surface area contributed by atoms with Crippen LogP contribution in [0.3, 0.4) is 0 Å². The molecule has 2 heterocycles. The molecular weight excluding hydrogens is 330 g/mol. The van der Waals surface area contributed by atoms with Crippen LogP contribution >= 0.6 is 0 Å². The largest absolute Gasteiger partial charge is 0.486 e. The minimum Gasteiger partial charge on any atom is -0.486 e. The topological polar surface area (TPSA) is 93.3 Å². The molecule has 7 nitrogen and oxygen atoms in total. The number of anilines is 1. The van der Waals surface area contributed by atoms with Crippen molar-refractivity contribution in [3.05, 3.63) is 42.1 Å². The number of nitrogens with one attached hydrogen (secondary N) is 2. The average molecular weight is 345 g/mol. The molecule has 0 radical (unpaired) electrons. The summed E-state index contributed by atoms with van der Waals surface area (Å²) in [5.41, 5.74) is 1.81. The summed E-state index contributed by atoms with van der Waals surface area (Å²) < 4.78 is 39.1. The van der Waals surface area contributed by atoms with Crippen LogP contribution in [-0.4, -0.2) is 31.8 Å². The summed E-state index contributed by atoms with van der Waals surface area (Å²) in [6, 6.07) is 8.38. The molecule has 0 atom stereocenters. The summed E-state index contributed by atoms with van der Waals surface area (Å²) in [7, 11) is -3.75. The van der Waals surface area contributed by atoms with E-state index in [1.54, 1.807) is 37.4 Å². The number of aromatic nitrogens is 2. The third-order valence-corrected chi connectivity index (χ3v) is 5.35. The fourth-order valence-corrected chi connectivity index (χ4v) is 3.96. The first-order valence-corrected chi connectivity index (χ1v) is 8.87. The molecule has 0 aliphatic carbocycles. The summed E-state index contributed by atoms with van der Waals surface area (Å²) in [6.07, 6.45) is 1.68. The van der Waals surface area contributed by atoms with Crippen molar-refractivity contribution in [2.75, 3.05) is 17.9 Å². The molecule has 1 aliphatic heterocycles. The number of benzene rings is 2. The van der Waals surface area contributed by atoms with Gasteiger partial charge in [0, 0.05) is 11.5 Å². The van der Waals surface area contributed by atoms with Gasteiger partial charge in [-0.15, -0.1) is 0 Å². The molecule has 124 valence electrons. The maximum Gasteiger partial charge on any atom is 0.262 e. The summed E-state index contributed by atoms with van der Waals surface area (Å²) in [4.78, 5) is 0.163. The lowest BCUT2D eigenvalue weighted by Gasteiger charge is -2.20. The van der Waals surface area contributed by atoms with Gasteiger partial charge in [-0.3, -0.25) is 9.82 Å². The van der Waals surface area contributed by atoms with Crippen molar-refractivity contribution in [3.63, 3.8) is 0 Å². The van der Waals surface area contributed by atoms with Gasteiger partial charge in [-0.2, -0.15) is 5.10 Å². The van der Waals surface area contributed by atoms with E-state index >= 15 is 0 Å². The average Bonchev–Trinajstić information content (AvgIpc) is 3.01. The quantitative estimate of drug-likeness (QED) is 0.760. The molecule has 0 fully saturated rings. The monoisotopic (exact) mass is 345 g/mol. The smallest absolute Gasteiger partial charge is 0.262 e. The van der Waals surface area contributed by atoms with E-state index in [0.717, 1.165) is 10.9 Å². The normalized spacial score (nSPS) is 13.9. The number of nitrogens with zero attached hydrogens (tertiary/aromatic N) is 1. The molecule has 0 bridgehead atoms. The van der Waals surface area contributed by atoms with E-state index in [0.29, 0.717) is 36.0 Å². The molecule has 2 N–H and O–H groups in total. The molecule has 8 heteroatoms. The number of rotatable bonds is 3. The van der Waals surface area contributed by atoms with Gasteiger partial charge in [0.15, 0.2) is 11.5 Å². The second-order valence-corrected chi connectivity index (χ2v) is 7.19. The van der Waals surface area contributed by atoms with Crippen LogP contribution in [0.25, 0.3) is 10.9 Å². The first-order chi connectivity index (χ1) is 11.5. The van der Waals surface area contributed by atoms with Crippen LogP contribution in [-0.2, 0) is 10.0 Å². The predicted octanol–water partition coefficient (Wildman–Crippen LogP) is 2.44. The molecule has 0 saturated heterocycles. The Morgan fingerprint density at radius 1 is 1.12 bits per heavy atom. The lowest BCUT2D eigenvalue weighted by molar-refractivity contribution is 0.171. The Bertz CT molecular complexity index is 1030. The summed E-state index contributed by atoms with van der Waals surface area (Å²) >= 11 is 0. The highest BCUT2D eigenvalue weighted by molar-refractivity contribution is 7.92. The number of sulfonamides is 1. The van der Waals surface area contributed by atoms with E-state index in [1.165, 1.54) is 6.07 Å². The third-order valence-electron chi connectivity index (χ3n) is 3.82. The zero-order valence-corrected chi connectivity index (χ0v) is 13.7. The minimum atomic E-state index is -3.75. The van der Waals surface area contributed by atoms with Crippen molar-refractivity contribution in [1.29, 1.82) is 0 Å². The molecule has 4 rings (SSSR count). The van der Waals surface area contributed by atoms with Crippen molar-refractivity contribution < 1.29 is 17.9 Å². The molecule has 0 spiro atoms. The zero-order chi connectivity index (χ0) is 16.7. The number of hydrogen-bond donors (Lipinski definition) is 2. The Morgan fingerprint density at radius 2 is 1.88 bits per heavy atom. The first kappa shape index (κ1) is 14.8. The Balaban J connectivity index is 1.71. The second-order valence-electron chi connectivity index (χ2n) is 5.54. The van der Waals surface area contributed by atoms with Gasteiger partial charge in [-0.25, -0.2) is 8.42 Å². The molecule has 0 unspecified atom stereocenters. The van der Waals surface area contributed by atoms with E-state index in [-0.39, 0.29) is 4.90 Å². The van der Waals surface area contributed by atoms with Crippen molar-refractivity contribution in [3.8, 4) is 11.5 Å². The van der Waals surface area contributed by atoms with Gasteiger partial charge < -0.3 is 9.47 Å². The number of hydrogen-bond acceptors (Lipinski definition) is 5. The van der Waals surface area contributed by atoms with Crippen LogP contribution in [0.4, 0.5) is 5.69 Å². The Hall–Kier alpha value is -2.74. The fourth-order valence-electron chi connectivity index (χ4n) is 2.67. The van der Waals surface area contributed by atoms with Crippen molar-refractivity contribution in [2.45, 2.75) is 11.8 Å². The van der Waals surface area contributed by atoms with Gasteiger partial charge in [0.1, 0.15) is 13.2 Å². The summed E-state index contributed by atoms with van der Waals surface area (Å²) in [5, 5.41) is 7.65. The van der Waals surface area contributed by atoms with Crippen LogP contribution in [0.1, 0.15) is 5.56 Å². The van der Waals surface area contributed by atoms with Gasteiger partial charge in [-0.05, 0) is 36.8 Å². The summed E-state index contributed by atoms with van der Waals surface area (Å²) in [5.74, 6) is 1.01. The Labute approximate surface area is 138 Å². The lowest BCUT2D eigenvalue weighted by Crippen LogP contribution is -2.18. The van der Waals surface area contributed by atoms with Gasteiger partial charge in [-0.1, -0.05) is 0 Å². The van der Waals surface area contributed by atoms with E-state index < -0.39 is 10.0 Å². The highest BCUT2D eigenvalue weighted by atomic mass is 32.2. The number of ether oxygens (including phenoxy) is 2. The van der Waals surface area contributed by atoms with E-state index in [9.17, 15) is 8.42 Å². The van der Waals surface area contributed by atoms with E-state index in [2.05, 4.69) is 14.9 Å². The predicted molar refractivity (Wildman–Crippen MR) is 89.1 cm³/mol. The SMILES string of the molecule is Cc1cc2c(cc1S(=O)(=O)Nc1ccc3cn[nH]c3c1)OCCO2. The number of fused-ring (bicyclic) bond motifs is 2.